The lowest BCUT2D eigenvalue weighted by Crippen LogP contribution is -2.44. The van der Waals surface area contributed by atoms with E-state index in [0.717, 1.165) is 0 Å². The van der Waals surface area contributed by atoms with Crippen molar-refractivity contribution in [2.75, 3.05) is 34.3 Å². The molecule has 15 heavy (non-hydrogen) atoms. The minimum absolute atomic E-state index is 0.128. The van der Waals surface area contributed by atoms with E-state index in [0.29, 0.717) is 0 Å². The number of amides is 1. The fraction of sp³-hybridized carbons (Fsp3) is 0.875. The molecule has 0 rings (SSSR count). The quantitative estimate of drug-likeness (QED) is 0.550. The minimum Gasteiger partial charge on any atom is -0.377 e. The van der Waals surface area contributed by atoms with E-state index in [-0.39, 0.29) is 12.5 Å². The van der Waals surface area contributed by atoms with Crippen LogP contribution in [0, 0.1) is 0 Å². The van der Waals surface area contributed by atoms with Gasteiger partial charge in [0.15, 0.2) is 0 Å². The van der Waals surface area contributed by atoms with Crippen molar-refractivity contribution in [3.05, 3.63) is 0 Å². The van der Waals surface area contributed by atoms with E-state index >= 15 is 0 Å². The van der Waals surface area contributed by atoms with Gasteiger partial charge in [0.05, 0.1) is 2.74 Å². The fourth-order valence-electron chi connectivity index (χ4n) is 0.991. The van der Waals surface area contributed by atoms with Gasteiger partial charge in [-0.15, -0.1) is 0 Å². The summed E-state index contributed by atoms with van der Waals surface area (Å²) in [6.45, 7) is -5.34. The summed E-state index contributed by atoms with van der Waals surface area (Å²) in [7, 11) is 1.28. The molecular weight excluding hydrogens is 216 g/mol. The summed E-state index contributed by atoms with van der Waals surface area (Å²) in [4.78, 5) is 11.6. The lowest BCUT2D eigenvalue weighted by atomic mass is 10.4. The molecule has 0 aromatic heterocycles. The van der Waals surface area contributed by atoms with Gasteiger partial charge in [-0.2, -0.15) is 0 Å². The zero-order chi connectivity index (χ0) is 15.3. The molecule has 90 valence electrons. The topological polar surface area (TPSA) is 82.8 Å². The van der Waals surface area contributed by atoms with Gasteiger partial charge >= 0.3 is 8.80 Å². The second-order valence-electron chi connectivity index (χ2n) is 2.61. The molecule has 0 atom stereocenters. The Morgan fingerprint density at radius 1 is 1.40 bits per heavy atom. The SMILES string of the molecule is [2H]C([2H])(N)C([2H])([2H])NC(=O)CC[Si](OC)(OC)OC. The van der Waals surface area contributed by atoms with E-state index in [1.165, 1.54) is 21.3 Å². The average Bonchev–Trinajstić information content (AvgIpc) is 2.29. The Bertz CT molecular complexity index is 301. The van der Waals surface area contributed by atoms with Gasteiger partial charge in [-0.25, -0.2) is 0 Å². The molecular formula is C8H20N2O4Si. The molecule has 0 heterocycles. The molecule has 0 radical (unpaired) electrons. The molecule has 1 amide bonds. The van der Waals surface area contributed by atoms with Crippen LogP contribution in [0.15, 0.2) is 0 Å². The zero-order valence-electron chi connectivity index (χ0n) is 13.1. The first kappa shape index (κ1) is 8.65. The maximum atomic E-state index is 11.6. The molecule has 0 aromatic carbocycles. The smallest absolute Gasteiger partial charge is 0.377 e. The van der Waals surface area contributed by atoms with Crippen molar-refractivity contribution in [1.82, 2.24) is 5.32 Å². The second-order valence-corrected chi connectivity index (χ2v) is 5.70. The third-order valence-corrected chi connectivity index (χ3v) is 4.59. The molecule has 0 unspecified atom stereocenters. The number of nitrogens with one attached hydrogen (secondary N) is 1. The van der Waals surface area contributed by atoms with Crippen LogP contribution in [0.2, 0.25) is 6.04 Å². The van der Waals surface area contributed by atoms with Crippen LogP contribution in [0.25, 0.3) is 0 Å². The van der Waals surface area contributed by atoms with Crippen molar-refractivity contribution in [3.8, 4) is 0 Å². The van der Waals surface area contributed by atoms with Crippen LogP contribution in [0.5, 0.6) is 0 Å². The van der Waals surface area contributed by atoms with E-state index in [1.807, 2.05) is 5.32 Å². The molecule has 0 bridgehead atoms. The standard InChI is InChI=1S/C8H20N2O4Si/c1-12-15(13-2,14-3)7-4-8(11)10-6-5-9/h4-7,9H2,1-3H3,(H,10,11)/i5D2,6D2. The molecule has 0 fully saturated rings. The second kappa shape index (κ2) is 7.77. The molecule has 0 saturated heterocycles. The summed E-state index contributed by atoms with van der Waals surface area (Å²) >= 11 is 0. The number of carbonyl (C=O) groups is 1. The van der Waals surface area contributed by atoms with Crippen molar-refractivity contribution in [3.63, 3.8) is 0 Å². The first-order valence-corrected chi connectivity index (χ1v) is 6.22. The summed E-state index contributed by atoms with van der Waals surface area (Å²) in [5, 5.41) is 1.89. The van der Waals surface area contributed by atoms with E-state index in [4.69, 9.17) is 24.5 Å². The van der Waals surface area contributed by atoms with E-state index in [1.54, 1.807) is 0 Å². The highest BCUT2D eigenvalue weighted by molar-refractivity contribution is 6.60. The third-order valence-electron chi connectivity index (χ3n) is 1.87. The van der Waals surface area contributed by atoms with Gasteiger partial charge in [0, 0.05) is 49.5 Å². The summed E-state index contributed by atoms with van der Waals surface area (Å²) in [6, 6.07) is 0.145. The molecule has 6 nitrogen and oxygen atoms in total. The highest BCUT2D eigenvalue weighted by Gasteiger charge is 2.37. The molecule has 7 heteroatoms. The lowest BCUT2D eigenvalue weighted by Gasteiger charge is -2.23. The lowest BCUT2D eigenvalue weighted by molar-refractivity contribution is -0.120. The molecule has 0 aliphatic heterocycles. The Kier molecular flexibility index (Phi) is 4.48. The number of nitrogens with two attached hydrogens (primary N) is 1. The van der Waals surface area contributed by atoms with Crippen LogP contribution < -0.4 is 11.1 Å². The van der Waals surface area contributed by atoms with Gasteiger partial charge < -0.3 is 24.3 Å². The monoisotopic (exact) mass is 240 g/mol. The Morgan fingerprint density at radius 3 is 2.33 bits per heavy atom. The Hall–Kier alpha value is -0.473. The predicted octanol–water partition coefficient (Wildman–Crippen LogP) is -0.671. The van der Waals surface area contributed by atoms with Crippen LogP contribution in [-0.2, 0) is 18.1 Å². The maximum Gasteiger partial charge on any atom is 0.500 e. The Labute approximate surface area is 97.1 Å². The van der Waals surface area contributed by atoms with Crippen LogP contribution in [-0.4, -0.2) is 49.0 Å². The average molecular weight is 240 g/mol. The fourth-order valence-corrected chi connectivity index (χ4v) is 2.64. The van der Waals surface area contributed by atoms with Crippen molar-refractivity contribution in [1.29, 1.82) is 0 Å². The summed E-state index contributed by atoms with van der Waals surface area (Å²) in [5.41, 5.74) is 5.00. The maximum absolute atomic E-state index is 11.6. The molecule has 0 spiro atoms. The van der Waals surface area contributed by atoms with Crippen LogP contribution in [0.4, 0.5) is 0 Å². The van der Waals surface area contributed by atoms with Gasteiger partial charge in [0.1, 0.15) is 0 Å². The van der Waals surface area contributed by atoms with Crippen LogP contribution in [0.3, 0.4) is 0 Å². The van der Waals surface area contributed by atoms with Crippen LogP contribution in [0.1, 0.15) is 11.9 Å². The highest BCUT2D eigenvalue weighted by Crippen LogP contribution is 2.14. The van der Waals surface area contributed by atoms with E-state index < -0.39 is 27.7 Å². The molecule has 0 aromatic rings. The Morgan fingerprint density at radius 2 is 1.93 bits per heavy atom. The summed E-state index contributed by atoms with van der Waals surface area (Å²) in [5.74, 6) is -0.706. The number of hydrogen-bond acceptors (Lipinski definition) is 5. The molecule has 3 N–H and O–H groups in total. The predicted molar refractivity (Wildman–Crippen MR) is 58.3 cm³/mol. The first-order valence-electron chi connectivity index (χ1n) is 6.29. The molecule has 0 aliphatic rings. The van der Waals surface area contributed by atoms with E-state index in [9.17, 15) is 4.79 Å². The highest BCUT2D eigenvalue weighted by atomic mass is 28.4. The van der Waals surface area contributed by atoms with Crippen molar-refractivity contribution < 1.29 is 23.6 Å². The normalized spacial score (nSPS) is 17.3. The van der Waals surface area contributed by atoms with Gasteiger partial charge in [0.2, 0.25) is 5.91 Å². The number of carbonyl (C=O) groups excluding carboxylic acids is 1. The van der Waals surface area contributed by atoms with Crippen molar-refractivity contribution >= 4 is 14.7 Å². The minimum atomic E-state index is -2.91. The Balaban J connectivity index is 4.49. The van der Waals surface area contributed by atoms with Gasteiger partial charge in [0.25, 0.3) is 0 Å². The number of hydrogen-bond donors (Lipinski definition) is 2. The molecule has 0 aliphatic carbocycles. The summed E-state index contributed by atoms with van der Waals surface area (Å²) < 4.78 is 44.1. The largest absolute Gasteiger partial charge is 0.500 e. The van der Waals surface area contributed by atoms with Crippen LogP contribution >= 0.6 is 0 Å². The third kappa shape index (κ3) is 5.24. The van der Waals surface area contributed by atoms with Gasteiger partial charge in [-0.05, 0) is 0 Å². The van der Waals surface area contributed by atoms with Gasteiger partial charge in [-0.3, -0.25) is 4.79 Å². The zero-order valence-corrected chi connectivity index (χ0v) is 10.1. The van der Waals surface area contributed by atoms with Crippen molar-refractivity contribution in [2.45, 2.75) is 12.5 Å². The van der Waals surface area contributed by atoms with E-state index in [2.05, 4.69) is 0 Å². The molecule has 0 saturated carbocycles. The first-order chi connectivity index (χ1) is 8.53. The summed E-state index contributed by atoms with van der Waals surface area (Å²) in [6.07, 6.45) is -0.128. The van der Waals surface area contributed by atoms with Crippen molar-refractivity contribution in [2.24, 2.45) is 5.73 Å². The number of rotatable bonds is 8. The van der Waals surface area contributed by atoms with Gasteiger partial charge in [-0.1, -0.05) is 0 Å².